The molecule has 19 heavy (non-hydrogen) atoms. The summed E-state index contributed by atoms with van der Waals surface area (Å²) in [6.45, 7) is 4.83. The van der Waals surface area contributed by atoms with Crippen LogP contribution < -0.4 is 16.4 Å². The number of carbonyl (C=O) groups excluding carboxylic acids is 1. The van der Waals surface area contributed by atoms with Crippen molar-refractivity contribution in [1.29, 1.82) is 0 Å². The van der Waals surface area contributed by atoms with E-state index >= 15 is 0 Å². The molecule has 0 aliphatic carbocycles. The quantitative estimate of drug-likeness (QED) is 0.871. The summed E-state index contributed by atoms with van der Waals surface area (Å²) in [7, 11) is 0. The van der Waals surface area contributed by atoms with Crippen LogP contribution in [0.1, 0.15) is 42.1 Å². The largest absolute Gasteiger partial charge is 0.366 e. The maximum atomic E-state index is 11.6. The topological polar surface area (TPSA) is 72.4 Å². The number of primary amides is 1. The summed E-state index contributed by atoms with van der Waals surface area (Å²) in [5.41, 5.74) is 14.1. The average molecular weight is 261 g/mol. The van der Waals surface area contributed by atoms with Crippen LogP contribution in [0.2, 0.25) is 0 Å². The molecule has 4 nitrogen and oxygen atoms in total. The average Bonchev–Trinajstić information content (AvgIpc) is 2.37. The molecule has 4 N–H and O–H groups in total. The molecular weight excluding hydrogens is 238 g/mol. The molecule has 1 amide bonds. The fraction of sp³-hybridized carbons (Fsp3) is 0.533. The van der Waals surface area contributed by atoms with Gasteiger partial charge in [-0.05, 0) is 50.8 Å². The van der Waals surface area contributed by atoms with Crippen LogP contribution in [0, 0.1) is 6.92 Å². The Bertz CT molecular complexity index is 472. The Labute approximate surface area is 114 Å². The maximum Gasteiger partial charge on any atom is 0.250 e. The van der Waals surface area contributed by atoms with Crippen LogP contribution in [0.5, 0.6) is 0 Å². The van der Waals surface area contributed by atoms with Crippen molar-refractivity contribution >= 4 is 11.6 Å². The number of amides is 1. The molecule has 2 unspecified atom stereocenters. The number of carbonyl (C=O) groups is 1. The number of nitrogens with two attached hydrogens (primary N) is 2. The zero-order chi connectivity index (χ0) is 14.0. The second-order valence-electron chi connectivity index (χ2n) is 5.46. The minimum Gasteiger partial charge on any atom is -0.366 e. The summed E-state index contributed by atoms with van der Waals surface area (Å²) < 4.78 is 0. The van der Waals surface area contributed by atoms with Crippen LogP contribution in [-0.4, -0.2) is 24.5 Å². The number of benzene rings is 1. The van der Waals surface area contributed by atoms with Gasteiger partial charge in [0.1, 0.15) is 0 Å². The fourth-order valence-electron chi connectivity index (χ4n) is 3.02. The third kappa shape index (κ3) is 2.73. The van der Waals surface area contributed by atoms with Crippen molar-refractivity contribution in [2.24, 2.45) is 11.5 Å². The van der Waals surface area contributed by atoms with E-state index in [1.807, 2.05) is 25.1 Å². The van der Waals surface area contributed by atoms with Gasteiger partial charge in [0.05, 0.1) is 11.3 Å². The van der Waals surface area contributed by atoms with Crippen molar-refractivity contribution in [2.45, 2.75) is 45.2 Å². The van der Waals surface area contributed by atoms with Crippen LogP contribution in [0.4, 0.5) is 5.69 Å². The highest BCUT2D eigenvalue weighted by Gasteiger charge is 2.29. The third-order valence-electron chi connectivity index (χ3n) is 4.00. The van der Waals surface area contributed by atoms with E-state index in [4.69, 9.17) is 11.5 Å². The minimum absolute atomic E-state index is 0.295. The van der Waals surface area contributed by atoms with Gasteiger partial charge in [-0.3, -0.25) is 4.79 Å². The third-order valence-corrected chi connectivity index (χ3v) is 4.00. The van der Waals surface area contributed by atoms with Crippen molar-refractivity contribution in [3.8, 4) is 0 Å². The van der Waals surface area contributed by atoms with Gasteiger partial charge < -0.3 is 16.4 Å². The molecule has 0 spiro atoms. The molecule has 104 valence electrons. The van der Waals surface area contributed by atoms with Crippen molar-refractivity contribution in [1.82, 2.24) is 0 Å². The van der Waals surface area contributed by atoms with Gasteiger partial charge in [-0.25, -0.2) is 0 Å². The van der Waals surface area contributed by atoms with E-state index in [1.165, 1.54) is 6.42 Å². The van der Waals surface area contributed by atoms with Gasteiger partial charge in [0.2, 0.25) is 0 Å². The molecule has 1 aromatic rings. The first kappa shape index (κ1) is 13.9. The van der Waals surface area contributed by atoms with Crippen molar-refractivity contribution in [2.75, 3.05) is 11.4 Å². The lowest BCUT2D eigenvalue weighted by atomic mass is 9.94. The van der Waals surface area contributed by atoms with E-state index in [1.54, 1.807) is 0 Å². The van der Waals surface area contributed by atoms with E-state index in [0.29, 0.717) is 24.2 Å². The van der Waals surface area contributed by atoms with Gasteiger partial charge in [0, 0.05) is 18.6 Å². The molecule has 1 fully saturated rings. The van der Waals surface area contributed by atoms with Crippen LogP contribution >= 0.6 is 0 Å². The van der Waals surface area contributed by atoms with Gasteiger partial charge >= 0.3 is 0 Å². The first-order valence-electron chi connectivity index (χ1n) is 6.93. The number of nitrogens with zero attached hydrogens (tertiary/aromatic N) is 1. The van der Waals surface area contributed by atoms with E-state index in [-0.39, 0.29) is 5.91 Å². The minimum atomic E-state index is -0.372. The second-order valence-corrected chi connectivity index (χ2v) is 5.46. The SMILES string of the molecule is Cc1ccc(C(N)=O)c(N2C(C)CCCC2CN)c1. The van der Waals surface area contributed by atoms with Crippen molar-refractivity contribution in [3.05, 3.63) is 29.3 Å². The monoisotopic (exact) mass is 261 g/mol. The Morgan fingerprint density at radius 2 is 2.16 bits per heavy atom. The molecule has 0 aromatic heterocycles. The summed E-state index contributed by atoms with van der Waals surface area (Å²) in [4.78, 5) is 13.9. The molecule has 2 rings (SSSR count). The zero-order valence-electron chi connectivity index (χ0n) is 11.7. The van der Waals surface area contributed by atoms with Gasteiger partial charge in [-0.1, -0.05) is 6.07 Å². The van der Waals surface area contributed by atoms with E-state index < -0.39 is 0 Å². The van der Waals surface area contributed by atoms with Gasteiger partial charge in [0.15, 0.2) is 0 Å². The van der Waals surface area contributed by atoms with E-state index in [9.17, 15) is 4.79 Å². The Hall–Kier alpha value is -1.55. The molecule has 0 radical (unpaired) electrons. The summed E-state index contributed by atoms with van der Waals surface area (Å²) in [6, 6.07) is 6.48. The van der Waals surface area contributed by atoms with E-state index in [0.717, 1.165) is 24.1 Å². The molecule has 1 heterocycles. The lowest BCUT2D eigenvalue weighted by molar-refractivity contribution is 0.100. The van der Waals surface area contributed by atoms with Crippen LogP contribution in [0.25, 0.3) is 0 Å². The lowest BCUT2D eigenvalue weighted by Gasteiger charge is -2.43. The molecule has 2 atom stereocenters. The number of aryl methyl sites for hydroxylation is 1. The predicted molar refractivity (Wildman–Crippen MR) is 78.3 cm³/mol. The summed E-state index contributed by atoms with van der Waals surface area (Å²) in [5, 5.41) is 0. The Kier molecular flexibility index (Phi) is 4.10. The normalized spacial score (nSPS) is 23.4. The van der Waals surface area contributed by atoms with Crippen molar-refractivity contribution < 1.29 is 4.79 Å². The summed E-state index contributed by atoms with van der Waals surface area (Å²) in [6.07, 6.45) is 3.40. The van der Waals surface area contributed by atoms with Gasteiger partial charge in [0.25, 0.3) is 5.91 Å². The highest BCUT2D eigenvalue weighted by molar-refractivity contribution is 5.99. The Morgan fingerprint density at radius 3 is 2.79 bits per heavy atom. The lowest BCUT2D eigenvalue weighted by Crippen LogP contribution is -2.49. The Balaban J connectivity index is 2.48. The fourth-order valence-corrected chi connectivity index (χ4v) is 3.02. The molecule has 1 aliphatic rings. The highest BCUT2D eigenvalue weighted by Crippen LogP contribution is 2.32. The Morgan fingerprint density at radius 1 is 1.42 bits per heavy atom. The number of anilines is 1. The second kappa shape index (κ2) is 5.61. The van der Waals surface area contributed by atoms with Gasteiger partial charge in [-0.15, -0.1) is 0 Å². The first-order chi connectivity index (χ1) is 9.04. The standard InChI is InChI=1S/C15H23N3O/c1-10-6-7-13(15(17)19)14(8-10)18-11(2)4-3-5-12(18)9-16/h6-8,11-12H,3-5,9,16H2,1-2H3,(H2,17,19). The number of hydrogen-bond acceptors (Lipinski definition) is 3. The number of piperidine rings is 1. The highest BCUT2D eigenvalue weighted by atomic mass is 16.1. The molecule has 1 saturated heterocycles. The molecule has 1 aliphatic heterocycles. The molecule has 1 aromatic carbocycles. The number of hydrogen-bond donors (Lipinski definition) is 2. The smallest absolute Gasteiger partial charge is 0.250 e. The predicted octanol–water partition coefficient (Wildman–Crippen LogP) is 1.80. The van der Waals surface area contributed by atoms with Crippen LogP contribution in [0.3, 0.4) is 0 Å². The van der Waals surface area contributed by atoms with E-state index in [2.05, 4.69) is 11.8 Å². The number of rotatable bonds is 3. The van der Waals surface area contributed by atoms with Crippen LogP contribution in [-0.2, 0) is 0 Å². The molecule has 0 bridgehead atoms. The maximum absolute atomic E-state index is 11.6. The van der Waals surface area contributed by atoms with Crippen LogP contribution in [0.15, 0.2) is 18.2 Å². The molecule has 4 heteroatoms. The zero-order valence-corrected chi connectivity index (χ0v) is 11.7. The molecule has 0 saturated carbocycles. The van der Waals surface area contributed by atoms with Gasteiger partial charge in [-0.2, -0.15) is 0 Å². The summed E-state index contributed by atoms with van der Waals surface area (Å²) >= 11 is 0. The van der Waals surface area contributed by atoms with Crippen molar-refractivity contribution in [3.63, 3.8) is 0 Å². The molecular formula is C15H23N3O. The first-order valence-corrected chi connectivity index (χ1v) is 6.93. The summed E-state index contributed by atoms with van der Waals surface area (Å²) in [5.74, 6) is -0.372.